The number of amides is 1. The van der Waals surface area contributed by atoms with E-state index in [1.54, 1.807) is 0 Å². The molecule has 2 aliphatic heterocycles. The van der Waals surface area contributed by atoms with E-state index in [9.17, 15) is 4.79 Å². The predicted molar refractivity (Wildman–Crippen MR) is 106 cm³/mol. The molecule has 2 aromatic carbocycles. The van der Waals surface area contributed by atoms with Gasteiger partial charge in [-0.1, -0.05) is 48.5 Å². The quantitative estimate of drug-likeness (QED) is 0.708. The van der Waals surface area contributed by atoms with Crippen LogP contribution in [0.25, 0.3) is 0 Å². The third kappa shape index (κ3) is 3.09. The summed E-state index contributed by atoms with van der Waals surface area (Å²) in [5, 5.41) is 11.9. The summed E-state index contributed by atoms with van der Waals surface area (Å²) in [5.41, 5.74) is 3.62. The van der Waals surface area contributed by atoms with E-state index in [0.717, 1.165) is 43.6 Å². The van der Waals surface area contributed by atoms with Crippen molar-refractivity contribution in [2.45, 2.75) is 44.7 Å². The van der Waals surface area contributed by atoms with E-state index in [-0.39, 0.29) is 17.9 Å². The van der Waals surface area contributed by atoms with Crippen molar-refractivity contribution in [1.82, 2.24) is 20.2 Å². The van der Waals surface area contributed by atoms with E-state index < -0.39 is 0 Å². The van der Waals surface area contributed by atoms with Gasteiger partial charge in [0.1, 0.15) is 0 Å². The van der Waals surface area contributed by atoms with Crippen molar-refractivity contribution in [3.63, 3.8) is 0 Å². The van der Waals surface area contributed by atoms with Crippen molar-refractivity contribution in [2.24, 2.45) is 5.92 Å². The molecule has 2 aliphatic rings. The summed E-state index contributed by atoms with van der Waals surface area (Å²) >= 11 is 0. The highest BCUT2D eigenvalue weighted by Gasteiger charge is 2.37. The van der Waals surface area contributed by atoms with Gasteiger partial charge in [0.05, 0.1) is 0 Å². The van der Waals surface area contributed by atoms with Gasteiger partial charge in [-0.05, 0) is 53.3 Å². The number of fused-ring (bicyclic) bond motifs is 2. The van der Waals surface area contributed by atoms with Crippen LogP contribution >= 0.6 is 0 Å². The average Bonchev–Trinajstić information content (AvgIpc) is 3.26. The molecule has 0 aliphatic carbocycles. The average molecular weight is 373 g/mol. The molecule has 0 spiro atoms. The van der Waals surface area contributed by atoms with Crippen LogP contribution in [0.2, 0.25) is 0 Å². The highest BCUT2D eigenvalue weighted by atomic mass is 16.2. The number of hydrogen-bond donors (Lipinski definition) is 0. The number of carbonyl (C=O) groups is 1. The Morgan fingerprint density at radius 3 is 2.75 bits per heavy atom. The Bertz CT molecular complexity index is 961. The van der Waals surface area contributed by atoms with Crippen molar-refractivity contribution in [1.29, 1.82) is 0 Å². The van der Waals surface area contributed by atoms with Crippen LogP contribution in [0.15, 0.2) is 54.6 Å². The maximum atomic E-state index is 13.6. The molecular weight excluding hydrogens is 350 g/mol. The molecule has 142 valence electrons. The number of benzene rings is 2. The number of hydrogen-bond acceptors (Lipinski definition) is 4. The van der Waals surface area contributed by atoms with E-state index in [1.807, 2.05) is 16.8 Å². The van der Waals surface area contributed by atoms with E-state index in [4.69, 9.17) is 0 Å². The second-order valence-electron chi connectivity index (χ2n) is 7.73. The molecule has 0 bridgehead atoms. The molecule has 1 aromatic heterocycles. The Balaban J connectivity index is 1.41. The Morgan fingerprint density at radius 2 is 1.86 bits per heavy atom. The van der Waals surface area contributed by atoms with Gasteiger partial charge in [-0.25, -0.2) is 4.68 Å². The third-order valence-electron chi connectivity index (χ3n) is 5.98. The lowest BCUT2D eigenvalue weighted by Crippen LogP contribution is -2.42. The first kappa shape index (κ1) is 17.1. The highest BCUT2D eigenvalue weighted by Crippen LogP contribution is 2.36. The molecule has 0 fully saturated rings. The molecule has 2 unspecified atom stereocenters. The fourth-order valence-corrected chi connectivity index (χ4v) is 4.55. The maximum absolute atomic E-state index is 13.6. The molecule has 3 heterocycles. The largest absolute Gasteiger partial charge is 0.308 e. The standard InChI is InChI=1S/C22H23N5O/c28-22(17-10-11-21-23-24-25-26(21)13-12-17)27-19(14-16-6-2-1-3-7-16)15-18-8-4-5-9-20(18)27/h1-9,17,19H,10-15H2. The van der Waals surface area contributed by atoms with Gasteiger partial charge in [-0.3, -0.25) is 4.79 Å². The van der Waals surface area contributed by atoms with Crippen molar-refractivity contribution in [3.05, 3.63) is 71.5 Å². The Labute approximate surface area is 164 Å². The molecular formula is C22H23N5O. The summed E-state index contributed by atoms with van der Waals surface area (Å²) in [4.78, 5) is 15.7. The molecule has 6 heteroatoms. The number of aromatic nitrogens is 4. The van der Waals surface area contributed by atoms with Gasteiger partial charge in [0.25, 0.3) is 0 Å². The van der Waals surface area contributed by atoms with Gasteiger partial charge in [0.2, 0.25) is 5.91 Å². The van der Waals surface area contributed by atoms with E-state index in [0.29, 0.717) is 6.54 Å². The van der Waals surface area contributed by atoms with Gasteiger partial charge in [0, 0.05) is 30.6 Å². The normalized spacial score (nSPS) is 21.1. The number of tetrazole rings is 1. The van der Waals surface area contributed by atoms with Crippen molar-refractivity contribution in [3.8, 4) is 0 Å². The van der Waals surface area contributed by atoms with E-state index >= 15 is 0 Å². The first-order valence-electron chi connectivity index (χ1n) is 9.99. The lowest BCUT2D eigenvalue weighted by molar-refractivity contribution is -0.123. The molecule has 1 amide bonds. The summed E-state index contributed by atoms with van der Waals surface area (Å²) < 4.78 is 1.84. The molecule has 0 N–H and O–H groups in total. The Morgan fingerprint density at radius 1 is 1.04 bits per heavy atom. The predicted octanol–water partition coefficient (Wildman–Crippen LogP) is 2.83. The number of para-hydroxylation sites is 1. The van der Waals surface area contributed by atoms with Crippen molar-refractivity contribution < 1.29 is 4.79 Å². The summed E-state index contributed by atoms with van der Waals surface area (Å²) in [6.07, 6.45) is 4.13. The maximum Gasteiger partial charge on any atom is 0.230 e. The van der Waals surface area contributed by atoms with Crippen LogP contribution in [0.4, 0.5) is 5.69 Å². The molecule has 3 aromatic rings. The Kier molecular flexibility index (Phi) is 4.39. The molecule has 0 saturated heterocycles. The summed E-state index contributed by atoms with van der Waals surface area (Å²) in [7, 11) is 0. The fourth-order valence-electron chi connectivity index (χ4n) is 4.55. The first-order chi connectivity index (χ1) is 13.8. The molecule has 28 heavy (non-hydrogen) atoms. The topological polar surface area (TPSA) is 63.9 Å². The lowest BCUT2D eigenvalue weighted by Gasteiger charge is -2.29. The van der Waals surface area contributed by atoms with E-state index in [1.165, 1.54) is 11.1 Å². The number of nitrogens with zero attached hydrogens (tertiary/aromatic N) is 5. The third-order valence-corrected chi connectivity index (χ3v) is 5.98. The molecule has 6 nitrogen and oxygen atoms in total. The minimum Gasteiger partial charge on any atom is -0.308 e. The lowest BCUT2D eigenvalue weighted by atomic mass is 9.96. The zero-order valence-electron chi connectivity index (χ0n) is 15.7. The second-order valence-corrected chi connectivity index (χ2v) is 7.73. The SMILES string of the molecule is O=C(C1CCc2nnnn2CC1)N1c2ccccc2CC1Cc1ccccc1. The number of rotatable bonds is 3. The summed E-state index contributed by atoms with van der Waals surface area (Å²) in [6, 6.07) is 19.0. The minimum atomic E-state index is -0.00655. The van der Waals surface area contributed by atoms with Crippen LogP contribution in [0, 0.1) is 5.92 Å². The number of aryl methyl sites for hydroxylation is 2. The van der Waals surface area contributed by atoms with Gasteiger partial charge in [-0.15, -0.1) is 5.10 Å². The van der Waals surface area contributed by atoms with Gasteiger partial charge in [0.15, 0.2) is 5.82 Å². The van der Waals surface area contributed by atoms with Gasteiger partial charge < -0.3 is 4.90 Å². The minimum absolute atomic E-state index is 0.00655. The summed E-state index contributed by atoms with van der Waals surface area (Å²) in [5.74, 6) is 1.12. The van der Waals surface area contributed by atoms with Gasteiger partial charge >= 0.3 is 0 Å². The van der Waals surface area contributed by atoms with Crippen LogP contribution in [-0.2, 0) is 30.6 Å². The molecule has 5 rings (SSSR count). The fraction of sp³-hybridized carbons (Fsp3) is 0.364. The van der Waals surface area contributed by atoms with E-state index in [2.05, 4.69) is 62.9 Å². The van der Waals surface area contributed by atoms with Crippen LogP contribution in [-0.4, -0.2) is 32.2 Å². The molecule has 0 radical (unpaired) electrons. The van der Waals surface area contributed by atoms with Gasteiger partial charge in [-0.2, -0.15) is 0 Å². The van der Waals surface area contributed by atoms with Crippen LogP contribution in [0.1, 0.15) is 29.8 Å². The first-order valence-corrected chi connectivity index (χ1v) is 9.99. The second kappa shape index (κ2) is 7.19. The highest BCUT2D eigenvalue weighted by molar-refractivity contribution is 5.97. The summed E-state index contributed by atoms with van der Waals surface area (Å²) in [6.45, 7) is 0.706. The zero-order valence-corrected chi connectivity index (χ0v) is 15.7. The van der Waals surface area contributed by atoms with Crippen LogP contribution in [0.5, 0.6) is 0 Å². The van der Waals surface area contributed by atoms with Crippen LogP contribution in [0.3, 0.4) is 0 Å². The van der Waals surface area contributed by atoms with Crippen molar-refractivity contribution >= 4 is 11.6 Å². The Hall–Kier alpha value is -3.02. The van der Waals surface area contributed by atoms with Crippen LogP contribution < -0.4 is 4.90 Å². The molecule has 0 saturated carbocycles. The monoisotopic (exact) mass is 373 g/mol. The number of anilines is 1. The zero-order chi connectivity index (χ0) is 18.9. The van der Waals surface area contributed by atoms with Crippen molar-refractivity contribution in [2.75, 3.05) is 4.90 Å². The number of carbonyl (C=O) groups excluding carboxylic acids is 1. The smallest absolute Gasteiger partial charge is 0.230 e. The molecule has 2 atom stereocenters.